The molecule has 5 nitrogen and oxygen atoms in total. The van der Waals surface area contributed by atoms with E-state index in [1.54, 1.807) is 7.11 Å². The van der Waals surface area contributed by atoms with E-state index in [-0.39, 0.29) is 11.9 Å². The van der Waals surface area contributed by atoms with E-state index in [9.17, 15) is 4.79 Å². The quantitative estimate of drug-likeness (QED) is 0.813. The smallest absolute Gasteiger partial charge is 0.255 e. The number of para-hydroxylation sites is 1. The number of amides is 1. The van der Waals surface area contributed by atoms with Crippen molar-refractivity contribution in [3.63, 3.8) is 0 Å². The van der Waals surface area contributed by atoms with Crippen molar-refractivity contribution >= 4 is 5.91 Å². The molecule has 0 radical (unpaired) electrons. The summed E-state index contributed by atoms with van der Waals surface area (Å²) in [5.41, 5.74) is 1.83. The zero-order chi connectivity index (χ0) is 16.1. The number of piperidine rings is 1. The molecule has 0 aromatic heterocycles. The normalized spacial score (nSPS) is 18.5. The maximum atomic E-state index is 12.5. The third kappa shape index (κ3) is 4.03. The monoisotopic (exact) mass is 318 g/mol. The summed E-state index contributed by atoms with van der Waals surface area (Å²) in [6, 6.07) is 6.11. The summed E-state index contributed by atoms with van der Waals surface area (Å²) >= 11 is 0. The molecular weight excluding hydrogens is 292 g/mol. The van der Waals surface area contributed by atoms with Gasteiger partial charge in [-0.05, 0) is 30.9 Å². The molecule has 3 rings (SSSR count). The second-order valence-electron chi connectivity index (χ2n) is 6.33. The summed E-state index contributed by atoms with van der Waals surface area (Å²) < 4.78 is 10.7. The largest absolute Gasteiger partial charge is 0.492 e. The van der Waals surface area contributed by atoms with E-state index in [4.69, 9.17) is 9.47 Å². The van der Waals surface area contributed by atoms with Crippen molar-refractivity contribution < 1.29 is 14.3 Å². The van der Waals surface area contributed by atoms with Crippen molar-refractivity contribution in [3.05, 3.63) is 29.3 Å². The van der Waals surface area contributed by atoms with Crippen molar-refractivity contribution in [1.29, 1.82) is 0 Å². The lowest BCUT2D eigenvalue weighted by Crippen LogP contribution is -2.45. The van der Waals surface area contributed by atoms with Crippen LogP contribution in [-0.4, -0.2) is 56.8 Å². The average Bonchev–Trinajstić information content (AvgIpc) is 3.05. The zero-order valence-electron chi connectivity index (χ0n) is 13.8. The minimum Gasteiger partial charge on any atom is -0.492 e. The van der Waals surface area contributed by atoms with Crippen molar-refractivity contribution in [1.82, 2.24) is 10.2 Å². The van der Waals surface area contributed by atoms with E-state index in [0.29, 0.717) is 12.2 Å². The molecule has 1 aromatic carbocycles. The predicted octanol–water partition coefficient (Wildman–Crippen LogP) is 1.85. The standard InChI is InChI=1S/C18H26N2O3/c1-22-12-3-9-20-10-6-15(7-11-20)19-18(21)16-5-2-4-14-8-13-23-17(14)16/h2,4-5,15H,3,6-13H2,1H3,(H,19,21). The molecule has 0 bridgehead atoms. The maximum absolute atomic E-state index is 12.5. The van der Waals surface area contributed by atoms with Gasteiger partial charge in [-0.1, -0.05) is 12.1 Å². The molecule has 1 saturated heterocycles. The van der Waals surface area contributed by atoms with Crippen LogP contribution in [0.1, 0.15) is 35.2 Å². The van der Waals surface area contributed by atoms with Crippen molar-refractivity contribution in [2.75, 3.05) is 40.0 Å². The van der Waals surface area contributed by atoms with Gasteiger partial charge in [-0.25, -0.2) is 0 Å². The van der Waals surface area contributed by atoms with E-state index in [1.165, 1.54) is 0 Å². The molecule has 0 aliphatic carbocycles. The number of ether oxygens (including phenoxy) is 2. The number of hydrogen-bond donors (Lipinski definition) is 1. The van der Waals surface area contributed by atoms with E-state index < -0.39 is 0 Å². The van der Waals surface area contributed by atoms with Crippen LogP contribution >= 0.6 is 0 Å². The molecule has 0 spiro atoms. The second-order valence-corrected chi connectivity index (χ2v) is 6.33. The molecule has 1 N–H and O–H groups in total. The van der Waals surface area contributed by atoms with Crippen molar-refractivity contribution in [2.45, 2.75) is 31.7 Å². The number of nitrogens with one attached hydrogen (secondary N) is 1. The summed E-state index contributed by atoms with van der Waals surface area (Å²) in [7, 11) is 1.74. The van der Waals surface area contributed by atoms with Gasteiger partial charge in [0.15, 0.2) is 0 Å². The molecule has 0 unspecified atom stereocenters. The number of carbonyl (C=O) groups excluding carboxylic acids is 1. The molecule has 1 aromatic rings. The molecule has 23 heavy (non-hydrogen) atoms. The van der Waals surface area contributed by atoms with Crippen LogP contribution in [0, 0.1) is 0 Å². The lowest BCUT2D eigenvalue weighted by Gasteiger charge is -2.32. The number of hydrogen-bond acceptors (Lipinski definition) is 4. The number of nitrogens with zero attached hydrogens (tertiary/aromatic N) is 1. The molecule has 2 heterocycles. The zero-order valence-corrected chi connectivity index (χ0v) is 13.8. The Balaban J connectivity index is 1.49. The third-order valence-corrected chi connectivity index (χ3v) is 4.70. The Morgan fingerprint density at radius 3 is 3.00 bits per heavy atom. The number of methoxy groups -OCH3 is 1. The SMILES string of the molecule is COCCCN1CCC(NC(=O)c2cccc3c2OCC3)CC1. The first-order valence-electron chi connectivity index (χ1n) is 8.55. The van der Waals surface area contributed by atoms with Crippen LogP contribution in [0.5, 0.6) is 5.75 Å². The highest BCUT2D eigenvalue weighted by Gasteiger charge is 2.24. The van der Waals surface area contributed by atoms with Gasteiger partial charge in [0.2, 0.25) is 0 Å². The van der Waals surface area contributed by atoms with Gasteiger partial charge in [-0.2, -0.15) is 0 Å². The summed E-state index contributed by atoms with van der Waals surface area (Å²) in [4.78, 5) is 15.0. The van der Waals surface area contributed by atoms with Gasteiger partial charge in [-0.15, -0.1) is 0 Å². The van der Waals surface area contributed by atoms with E-state index in [2.05, 4.69) is 10.2 Å². The first-order chi connectivity index (χ1) is 11.3. The molecular formula is C18H26N2O3. The van der Waals surface area contributed by atoms with Crippen LogP contribution in [-0.2, 0) is 11.2 Å². The number of likely N-dealkylation sites (tertiary alicyclic amines) is 1. The number of fused-ring (bicyclic) bond motifs is 1. The van der Waals surface area contributed by atoms with Gasteiger partial charge >= 0.3 is 0 Å². The van der Waals surface area contributed by atoms with Gasteiger partial charge in [-0.3, -0.25) is 4.79 Å². The topological polar surface area (TPSA) is 50.8 Å². The molecule has 0 atom stereocenters. The van der Waals surface area contributed by atoms with E-state index >= 15 is 0 Å². The minimum absolute atomic E-state index is 0.00147. The van der Waals surface area contributed by atoms with Gasteiger partial charge in [0.05, 0.1) is 12.2 Å². The summed E-state index contributed by atoms with van der Waals surface area (Å²) in [6.07, 6.45) is 3.99. The highest BCUT2D eigenvalue weighted by Crippen LogP contribution is 2.29. The van der Waals surface area contributed by atoms with Crippen molar-refractivity contribution in [3.8, 4) is 5.75 Å². The van der Waals surface area contributed by atoms with Crippen LogP contribution in [0.15, 0.2) is 18.2 Å². The fraction of sp³-hybridized carbons (Fsp3) is 0.611. The fourth-order valence-electron chi connectivity index (χ4n) is 3.39. The molecule has 1 fully saturated rings. The molecule has 126 valence electrons. The highest BCUT2D eigenvalue weighted by atomic mass is 16.5. The number of rotatable bonds is 6. The molecule has 2 aliphatic heterocycles. The Labute approximate surface area is 137 Å². The van der Waals surface area contributed by atoms with Crippen molar-refractivity contribution in [2.24, 2.45) is 0 Å². The number of carbonyl (C=O) groups is 1. The minimum atomic E-state index is 0.00147. The van der Waals surface area contributed by atoms with Crippen LogP contribution < -0.4 is 10.1 Å². The Kier molecular flexibility index (Phi) is 5.51. The Hall–Kier alpha value is -1.59. The van der Waals surface area contributed by atoms with Gasteiger partial charge in [0, 0.05) is 45.8 Å². The summed E-state index contributed by atoms with van der Waals surface area (Å²) in [6.45, 7) is 4.65. The molecule has 2 aliphatic rings. The third-order valence-electron chi connectivity index (χ3n) is 4.70. The average molecular weight is 318 g/mol. The van der Waals surface area contributed by atoms with Gasteiger partial charge in [0.1, 0.15) is 5.75 Å². The van der Waals surface area contributed by atoms with Crippen LogP contribution in [0.2, 0.25) is 0 Å². The summed E-state index contributed by atoms with van der Waals surface area (Å²) in [5.74, 6) is 0.781. The lowest BCUT2D eigenvalue weighted by atomic mass is 10.0. The van der Waals surface area contributed by atoms with Gasteiger partial charge < -0.3 is 19.7 Å². The Morgan fingerprint density at radius 2 is 2.22 bits per heavy atom. The molecule has 5 heteroatoms. The fourth-order valence-corrected chi connectivity index (χ4v) is 3.39. The van der Waals surface area contributed by atoms with Crippen LogP contribution in [0.4, 0.5) is 0 Å². The maximum Gasteiger partial charge on any atom is 0.255 e. The lowest BCUT2D eigenvalue weighted by molar-refractivity contribution is 0.0904. The van der Waals surface area contributed by atoms with Crippen LogP contribution in [0.25, 0.3) is 0 Å². The van der Waals surface area contributed by atoms with Gasteiger partial charge in [0.25, 0.3) is 5.91 Å². The predicted molar refractivity (Wildman–Crippen MR) is 89.1 cm³/mol. The van der Waals surface area contributed by atoms with E-state index in [1.807, 2.05) is 18.2 Å². The molecule has 0 saturated carbocycles. The first kappa shape index (κ1) is 16.3. The second kappa shape index (κ2) is 7.79. The Bertz CT molecular complexity index is 539. The highest BCUT2D eigenvalue weighted by molar-refractivity contribution is 5.97. The Morgan fingerprint density at radius 1 is 1.39 bits per heavy atom. The number of benzene rings is 1. The van der Waals surface area contributed by atoms with E-state index in [0.717, 1.165) is 63.2 Å². The molecule has 1 amide bonds. The van der Waals surface area contributed by atoms with Crippen LogP contribution in [0.3, 0.4) is 0 Å². The summed E-state index contributed by atoms with van der Waals surface area (Å²) in [5, 5.41) is 3.18. The first-order valence-corrected chi connectivity index (χ1v) is 8.55.